The molecule has 1 aliphatic heterocycles. The molecule has 1 heterocycles. The Morgan fingerprint density at radius 3 is 2.03 bits per heavy atom. The van der Waals surface area contributed by atoms with Gasteiger partial charge in [-0.3, -0.25) is 0 Å². The number of aromatic nitrogens is 1. The van der Waals surface area contributed by atoms with Crippen LogP contribution in [0.25, 0.3) is 20.8 Å². The minimum absolute atomic E-state index is 0.0504. The summed E-state index contributed by atoms with van der Waals surface area (Å²) in [6, 6.07) is 8.55. The molecular formula is C25H33F3N3O4S+. The number of halogens is 3. The highest BCUT2D eigenvalue weighted by atomic mass is 32.1. The number of hydrogen-bond acceptors (Lipinski definition) is 7. The van der Waals surface area contributed by atoms with E-state index in [2.05, 4.69) is 9.56 Å². The lowest BCUT2D eigenvalue weighted by Crippen LogP contribution is -2.35. The molecule has 0 bridgehead atoms. The average molecular weight is 529 g/mol. The molecule has 1 aromatic rings. The van der Waals surface area contributed by atoms with Gasteiger partial charge in [0.2, 0.25) is 5.36 Å². The molecule has 0 radical (unpaired) electrons. The van der Waals surface area contributed by atoms with Crippen molar-refractivity contribution < 1.29 is 32.1 Å². The van der Waals surface area contributed by atoms with Crippen LogP contribution in [0.2, 0.25) is 0 Å². The molecule has 0 amide bonds. The molecule has 3 rings (SSSR count). The van der Waals surface area contributed by atoms with Crippen LogP contribution >= 0.6 is 11.3 Å². The van der Waals surface area contributed by atoms with Gasteiger partial charge in [-0.15, -0.1) is 11.3 Å². The number of benzene rings is 2. The highest BCUT2D eigenvalue weighted by molar-refractivity contribution is 7.21. The van der Waals surface area contributed by atoms with Gasteiger partial charge in [-0.05, 0) is 18.2 Å². The number of ether oxygens (including phenoxy) is 4. The second-order valence-corrected chi connectivity index (χ2v) is 9.23. The molecule has 198 valence electrons. The van der Waals surface area contributed by atoms with Crippen molar-refractivity contribution in [2.45, 2.75) is 6.18 Å². The fourth-order valence-electron chi connectivity index (χ4n) is 3.84. The zero-order chi connectivity index (χ0) is 26.1. The minimum Gasteiger partial charge on any atom is -0.383 e. The summed E-state index contributed by atoms with van der Waals surface area (Å²) >= 11 is 1.30. The van der Waals surface area contributed by atoms with E-state index in [9.17, 15) is 13.2 Å². The predicted molar refractivity (Wildman–Crippen MR) is 136 cm³/mol. The summed E-state index contributed by atoms with van der Waals surface area (Å²) in [5, 5.41) is 0.933. The van der Waals surface area contributed by atoms with Gasteiger partial charge in [0.25, 0.3) is 0 Å². The van der Waals surface area contributed by atoms with E-state index >= 15 is 0 Å². The highest BCUT2D eigenvalue weighted by Crippen LogP contribution is 2.40. The largest absolute Gasteiger partial charge is 0.418 e. The summed E-state index contributed by atoms with van der Waals surface area (Å²) in [4.78, 5) is 7.08. The van der Waals surface area contributed by atoms with Crippen molar-refractivity contribution in [3.8, 4) is 10.6 Å². The zero-order valence-electron chi connectivity index (χ0n) is 21.1. The van der Waals surface area contributed by atoms with Crippen molar-refractivity contribution in [3.05, 3.63) is 41.3 Å². The maximum Gasteiger partial charge on any atom is 0.418 e. The van der Waals surface area contributed by atoms with E-state index in [1.807, 2.05) is 17.0 Å². The molecule has 0 N–H and O–H groups in total. The van der Waals surface area contributed by atoms with E-state index in [1.54, 1.807) is 40.6 Å². The molecule has 11 heteroatoms. The monoisotopic (exact) mass is 528 g/mol. The van der Waals surface area contributed by atoms with Crippen LogP contribution in [0.3, 0.4) is 0 Å². The molecule has 1 aliphatic carbocycles. The Morgan fingerprint density at radius 2 is 1.47 bits per heavy atom. The molecule has 0 atom stereocenters. The SMILES string of the molecule is COCCN(CCOC)c1cc(C(F)(F)F)c2nc3ccc(=[N+](CCOC)CCOC)cc-3sc2c1. The standard InChI is InChI=1S/C25H33F3N3O4S/c1-32-11-7-30(8-12-33-2)18-5-6-21-22(16-18)36-23-17-19(31(9-13-34-3)10-14-35-4)15-20(24(23)29-21)25(26,27)28/h5-6,15-17H,7-14H2,1-4H3/q+1. The number of rotatable bonds is 13. The van der Waals surface area contributed by atoms with Crippen molar-refractivity contribution >= 4 is 27.2 Å². The molecule has 0 aromatic heterocycles. The smallest absolute Gasteiger partial charge is 0.383 e. The molecule has 0 saturated heterocycles. The Bertz CT molecular complexity index is 1150. The lowest BCUT2D eigenvalue weighted by Gasteiger charge is -2.26. The third kappa shape index (κ3) is 7.13. The van der Waals surface area contributed by atoms with Crippen molar-refractivity contribution in [2.24, 2.45) is 0 Å². The second-order valence-electron chi connectivity index (χ2n) is 8.15. The van der Waals surface area contributed by atoms with E-state index in [-0.39, 0.29) is 5.52 Å². The highest BCUT2D eigenvalue weighted by Gasteiger charge is 2.35. The predicted octanol–water partition coefficient (Wildman–Crippen LogP) is 3.58. The van der Waals surface area contributed by atoms with Crippen molar-refractivity contribution in [2.75, 3.05) is 85.9 Å². The van der Waals surface area contributed by atoms with Gasteiger partial charge < -0.3 is 23.8 Å². The Kier molecular flexibility index (Phi) is 10.4. The first-order chi connectivity index (χ1) is 17.3. The average Bonchev–Trinajstić information content (AvgIpc) is 2.86. The number of methoxy groups -OCH3 is 4. The number of fused-ring (bicyclic) bond motifs is 2. The molecular weight excluding hydrogens is 495 g/mol. The van der Waals surface area contributed by atoms with Crippen LogP contribution in [0.15, 0.2) is 30.3 Å². The van der Waals surface area contributed by atoms with E-state index in [1.165, 1.54) is 17.4 Å². The van der Waals surface area contributed by atoms with Crippen LogP contribution in [0.1, 0.15) is 5.56 Å². The Hall–Kier alpha value is -2.31. The lowest BCUT2D eigenvalue weighted by molar-refractivity contribution is -0.136. The van der Waals surface area contributed by atoms with Gasteiger partial charge in [-0.2, -0.15) is 13.2 Å². The quantitative estimate of drug-likeness (QED) is 0.250. The fraction of sp³-hybridized carbons (Fsp3) is 0.520. The second kappa shape index (κ2) is 13.3. The molecule has 1 aromatic carbocycles. The summed E-state index contributed by atoms with van der Waals surface area (Å²) in [5.74, 6) is 0. The molecule has 36 heavy (non-hydrogen) atoms. The first-order valence-corrected chi connectivity index (χ1v) is 12.4. The van der Waals surface area contributed by atoms with Gasteiger partial charge in [0.05, 0.1) is 39.6 Å². The Morgan fingerprint density at radius 1 is 0.861 bits per heavy atom. The molecule has 7 nitrogen and oxygen atoms in total. The van der Waals surface area contributed by atoms with Gasteiger partial charge in [0.1, 0.15) is 13.2 Å². The maximum absolute atomic E-state index is 14.1. The molecule has 0 saturated carbocycles. The van der Waals surface area contributed by atoms with E-state index in [0.717, 1.165) is 10.2 Å². The normalized spacial score (nSPS) is 12.0. The van der Waals surface area contributed by atoms with Gasteiger partial charge in [0.15, 0.2) is 13.1 Å². The van der Waals surface area contributed by atoms with E-state index in [0.29, 0.717) is 68.7 Å². The van der Waals surface area contributed by atoms with Crippen LogP contribution in [0.4, 0.5) is 18.9 Å². The topological polar surface area (TPSA) is 56.1 Å². The fourth-order valence-corrected chi connectivity index (χ4v) is 4.91. The maximum atomic E-state index is 14.1. The third-order valence-electron chi connectivity index (χ3n) is 5.75. The van der Waals surface area contributed by atoms with Crippen molar-refractivity contribution in [3.63, 3.8) is 0 Å². The Labute approximate surface area is 213 Å². The summed E-state index contributed by atoms with van der Waals surface area (Å²) in [6.07, 6.45) is -4.55. The van der Waals surface area contributed by atoms with E-state index < -0.39 is 11.7 Å². The van der Waals surface area contributed by atoms with Gasteiger partial charge >= 0.3 is 6.18 Å². The Balaban J connectivity index is 2.20. The molecule has 2 aliphatic rings. The van der Waals surface area contributed by atoms with Crippen LogP contribution in [-0.2, 0) is 25.1 Å². The van der Waals surface area contributed by atoms with Crippen LogP contribution < -0.4 is 14.8 Å². The van der Waals surface area contributed by atoms with Gasteiger partial charge in [-0.25, -0.2) is 9.56 Å². The summed E-state index contributed by atoms with van der Waals surface area (Å²) in [6.45, 7) is 4.03. The first kappa shape index (κ1) is 28.3. The van der Waals surface area contributed by atoms with E-state index in [4.69, 9.17) is 18.9 Å². The van der Waals surface area contributed by atoms with Gasteiger partial charge in [0, 0.05) is 59.3 Å². The minimum atomic E-state index is -4.55. The zero-order valence-corrected chi connectivity index (χ0v) is 21.9. The summed E-state index contributed by atoms with van der Waals surface area (Å²) in [5.41, 5.74) is 0.173. The van der Waals surface area contributed by atoms with Crippen LogP contribution in [-0.4, -0.2) is 86.0 Å². The lowest BCUT2D eigenvalue weighted by atomic mass is 10.1. The number of nitrogens with zero attached hydrogens (tertiary/aromatic N) is 3. The van der Waals surface area contributed by atoms with Crippen molar-refractivity contribution in [1.29, 1.82) is 0 Å². The third-order valence-corrected chi connectivity index (χ3v) is 6.83. The molecule has 0 fully saturated rings. The summed E-state index contributed by atoms with van der Waals surface area (Å²) < 4.78 is 65.8. The number of anilines is 1. The molecule has 0 spiro atoms. The van der Waals surface area contributed by atoms with Crippen LogP contribution in [0, 0.1) is 0 Å². The summed E-state index contributed by atoms with van der Waals surface area (Å²) in [7, 11) is 6.42. The van der Waals surface area contributed by atoms with Gasteiger partial charge in [-0.1, -0.05) is 0 Å². The number of hydrogen-bond donors (Lipinski definition) is 0. The van der Waals surface area contributed by atoms with Crippen molar-refractivity contribution in [1.82, 2.24) is 9.56 Å². The van der Waals surface area contributed by atoms with Crippen LogP contribution in [0.5, 0.6) is 0 Å². The number of alkyl halides is 3. The molecule has 0 unspecified atom stereocenters. The first-order valence-electron chi connectivity index (χ1n) is 11.6.